The van der Waals surface area contributed by atoms with Crippen LogP contribution in [0.5, 0.6) is 0 Å². The molecule has 52 heavy (non-hydrogen) atoms. The molecule has 0 fully saturated rings. The maximum atomic E-state index is 6.71. The van der Waals surface area contributed by atoms with E-state index in [0.717, 1.165) is 93.6 Å². The van der Waals surface area contributed by atoms with Gasteiger partial charge in [-0.25, -0.2) is 9.97 Å². The van der Waals surface area contributed by atoms with E-state index >= 15 is 0 Å². The third-order valence-corrected chi connectivity index (χ3v) is 10.1. The molecule has 0 spiro atoms. The summed E-state index contributed by atoms with van der Waals surface area (Å²) in [5, 5.41) is 5.82. The number of hydrogen-bond donors (Lipinski definition) is 0. The van der Waals surface area contributed by atoms with Crippen LogP contribution in [0.1, 0.15) is 11.3 Å². The van der Waals surface area contributed by atoms with Gasteiger partial charge in [0.2, 0.25) is 0 Å². The molecule has 5 aromatic heterocycles. The van der Waals surface area contributed by atoms with Crippen LogP contribution in [0.3, 0.4) is 0 Å². The van der Waals surface area contributed by atoms with Gasteiger partial charge in [0, 0.05) is 49.0 Å². The van der Waals surface area contributed by atoms with Crippen molar-refractivity contribution in [2.45, 2.75) is 0 Å². The number of nitrogens with zero attached hydrogens (tertiary/aromatic N) is 2. The topological polar surface area (TPSA) is 78.3 Å². The maximum absolute atomic E-state index is 6.71. The van der Waals surface area contributed by atoms with E-state index in [2.05, 4.69) is 61.7 Å². The average molecular weight is 671 g/mol. The first-order valence-electron chi connectivity index (χ1n) is 17.0. The molecule has 0 aliphatic heterocycles. The van der Waals surface area contributed by atoms with E-state index < -0.39 is 0 Å². The molecule has 0 aliphatic carbocycles. The van der Waals surface area contributed by atoms with Crippen LogP contribution in [0.2, 0.25) is 0 Å². The van der Waals surface area contributed by atoms with Gasteiger partial charge in [0.1, 0.15) is 50.5 Å². The zero-order chi connectivity index (χ0) is 34.5. The highest BCUT2D eigenvalue weighted by Crippen LogP contribution is 2.44. The van der Waals surface area contributed by atoms with E-state index in [1.807, 2.05) is 78.9 Å². The van der Waals surface area contributed by atoms with Gasteiger partial charge >= 0.3 is 0 Å². The van der Waals surface area contributed by atoms with E-state index in [-0.39, 0.29) is 0 Å². The van der Waals surface area contributed by atoms with E-state index in [4.69, 9.17) is 27.6 Å². The predicted octanol–water partition coefficient (Wildman–Crippen LogP) is 13.2. The van der Waals surface area contributed by atoms with Crippen molar-refractivity contribution in [2.24, 2.45) is 0 Å². The molecule has 0 saturated heterocycles. The van der Waals surface area contributed by atoms with Gasteiger partial charge in [0.05, 0.1) is 0 Å². The molecule has 11 aromatic rings. The second kappa shape index (κ2) is 10.7. The van der Waals surface area contributed by atoms with Crippen LogP contribution in [-0.4, -0.2) is 9.97 Å². The fraction of sp³-hybridized carbons (Fsp3) is 0. The van der Waals surface area contributed by atoms with Crippen molar-refractivity contribution in [3.05, 3.63) is 146 Å². The summed E-state index contributed by atoms with van der Waals surface area (Å²) in [4.78, 5) is 10.6. The van der Waals surface area contributed by atoms with Crippen LogP contribution in [-0.2, 0) is 0 Å². The Hall–Kier alpha value is -7.18. The van der Waals surface area contributed by atoms with Gasteiger partial charge in [0.25, 0.3) is 0 Å². The lowest BCUT2D eigenvalue weighted by molar-refractivity contribution is 0.603. The first-order chi connectivity index (χ1) is 25.7. The average Bonchev–Trinajstić information content (AvgIpc) is 3.96. The summed E-state index contributed by atoms with van der Waals surface area (Å²) in [7, 11) is 0. The Morgan fingerprint density at radius 1 is 0.462 bits per heavy atom. The largest absolute Gasteiger partial charge is 0.456 e. The second-order valence-corrected chi connectivity index (χ2v) is 12.9. The molecule has 11 rings (SSSR count). The van der Waals surface area contributed by atoms with Gasteiger partial charge < -0.3 is 17.7 Å². The Balaban J connectivity index is 1.22. The van der Waals surface area contributed by atoms with Gasteiger partial charge in [-0.05, 0) is 65.7 Å². The molecule has 5 heterocycles. The Bertz CT molecular complexity index is 3300. The van der Waals surface area contributed by atoms with Crippen LogP contribution in [0.25, 0.3) is 123 Å². The number of rotatable bonds is 5. The van der Waals surface area contributed by atoms with Crippen molar-refractivity contribution in [3.63, 3.8) is 0 Å². The predicted molar refractivity (Wildman–Crippen MR) is 210 cm³/mol. The SMILES string of the molecule is C=Cc1oc2ccc(-c3ccc4oc5c(-c6cccc7oc8ccccc8c67)nc(-c6cccc7oc8ccccc8c67)nc5c4c3)cc2c1C=C. The lowest BCUT2D eigenvalue weighted by atomic mass is 10.00. The lowest BCUT2D eigenvalue weighted by Crippen LogP contribution is -1.95. The Morgan fingerprint density at radius 3 is 1.71 bits per heavy atom. The molecule has 0 unspecified atom stereocenters. The van der Waals surface area contributed by atoms with E-state index in [9.17, 15) is 0 Å². The number of benzene rings is 6. The lowest BCUT2D eigenvalue weighted by Gasteiger charge is -2.08. The van der Waals surface area contributed by atoms with Crippen LogP contribution in [0.4, 0.5) is 0 Å². The van der Waals surface area contributed by atoms with Crippen molar-refractivity contribution >= 4 is 89.1 Å². The molecule has 0 N–H and O–H groups in total. The summed E-state index contributed by atoms with van der Waals surface area (Å²) in [6, 6.07) is 40.7. The van der Waals surface area contributed by atoms with Gasteiger partial charge in [-0.15, -0.1) is 0 Å². The third-order valence-electron chi connectivity index (χ3n) is 10.1. The fourth-order valence-electron chi connectivity index (χ4n) is 7.74. The highest BCUT2D eigenvalue weighted by atomic mass is 16.3. The second-order valence-electron chi connectivity index (χ2n) is 12.9. The van der Waals surface area contributed by atoms with Gasteiger partial charge in [-0.2, -0.15) is 0 Å². The van der Waals surface area contributed by atoms with Crippen LogP contribution in [0.15, 0.2) is 152 Å². The summed E-state index contributed by atoms with van der Waals surface area (Å²) in [6.07, 6.45) is 3.53. The summed E-state index contributed by atoms with van der Waals surface area (Å²) in [5.41, 5.74) is 11.4. The number of furan rings is 4. The van der Waals surface area contributed by atoms with E-state index in [1.165, 1.54) is 0 Å². The number of fused-ring (bicyclic) bond motifs is 10. The molecule has 0 bridgehead atoms. The van der Waals surface area contributed by atoms with E-state index in [1.54, 1.807) is 6.08 Å². The first kappa shape index (κ1) is 28.6. The molecular weight excluding hydrogens is 645 g/mol. The molecule has 0 atom stereocenters. The first-order valence-corrected chi connectivity index (χ1v) is 17.0. The smallest absolute Gasteiger partial charge is 0.180 e. The Morgan fingerprint density at radius 2 is 1.04 bits per heavy atom. The zero-order valence-electron chi connectivity index (χ0n) is 27.6. The molecule has 0 saturated carbocycles. The molecule has 0 aliphatic rings. The third kappa shape index (κ3) is 4.00. The molecule has 6 nitrogen and oxygen atoms in total. The Labute approximate surface area is 295 Å². The zero-order valence-corrected chi connectivity index (χ0v) is 27.6. The quantitative estimate of drug-likeness (QED) is 0.181. The molecule has 0 amide bonds. The van der Waals surface area contributed by atoms with Gasteiger partial charge in [-0.3, -0.25) is 0 Å². The summed E-state index contributed by atoms with van der Waals surface area (Å²) >= 11 is 0. The molecule has 6 aromatic carbocycles. The van der Waals surface area contributed by atoms with Crippen molar-refractivity contribution in [1.82, 2.24) is 9.97 Å². The highest BCUT2D eigenvalue weighted by molar-refractivity contribution is 6.17. The van der Waals surface area contributed by atoms with Crippen LogP contribution in [0, 0.1) is 0 Å². The minimum Gasteiger partial charge on any atom is -0.456 e. The summed E-state index contributed by atoms with van der Waals surface area (Å²) in [6.45, 7) is 7.93. The summed E-state index contributed by atoms with van der Waals surface area (Å²) < 4.78 is 25.3. The van der Waals surface area contributed by atoms with Crippen LogP contribution < -0.4 is 0 Å². The highest BCUT2D eigenvalue weighted by Gasteiger charge is 2.24. The van der Waals surface area contributed by atoms with Gasteiger partial charge in [-0.1, -0.05) is 92.0 Å². The Kier molecular flexibility index (Phi) is 5.87. The fourth-order valence-corrected chi connectivity index (χ4v) is 7.74. The molecule has 0 radical (unpaired) electrons. The summed E-state index contributed by atoms with van der Waals surface area (Å²) in [5.74, 6) is 1.28. The molecular formula is C46H26N2O4. The minimum absolute atomic E-state index is 0.574. The van der Waals surface area contributed by atoms with Crippen LogP contribution >= 0.6 is 0 Å². The molecule has 6 heteroatoms. The van der Waals surface area contributed by atoms with Gasteiger partial charge in [0.15, 0.2) is 11.4 Å². The van der Waals surface area contributed by atoms with Crippen molar-refractivity contribution in [1.29, 1.82) is 0 Å². The standard InChI is InChI=1S/C46H26N2O4/c1-3-27-32-23-25(19-21-37(32)49-34(27)4-2)26-20-22-38-33(24-26)44-45(52-38)43(30-13-9-17-39-41(30)28-11-5-7-15-35(28)50-39)47-46(48-44)31-14-10-18-40-42(31)29-12-6-8-16-36(29)51-40/h3-24H,1-2H2. The van der Waals surface area contributed by atoms with E-state index in [0.29, 0.717) is 28.4 Å². The number of aromatic nitrogens is 2. The monoisotopic (exact) mass is 670 g/mol. The van der Waals surface area contributed by atoms with Crippen molar-refractivity contribution < 1.29 is 17.7 Å². The minimum atomic E-state index is 0.574. The van der Waals surface area contributed by atoms with Crippen molar-refractivity contribution in [2.75, 3.05) is 0 Å². The number of hydrogen-bond acceptors (Lipinski definition) is 6. The maximum Gasteiger partial charge on any atom is 0.180 e. The van der Waals surface area contributed by atoms with Crippen molar-refractivity contribution in [3.8, 4) is 33.8 Å². The number of para-hydroxylation sites is 2. The molecule has 244 valence electrons. The normalized spacial score (nSPS) is 12.0.